The number of rotatable bonds is 2. The van der Waals surface area contributed by atoms with Crippen molar-refractivity contribution in [3.05, 3.63) is 65.9 Å². The predicted molar refractivity (Wildman–Crippen MR) is 63.8 cm³/mol. The minimum absolute atomic E-state index is 0.184. The topological polar surface area (TPSA) is 43.1 Å². The molecule has 18 heavy (non-hydrogen) atoms. The molecule has 0 saturated heterocycles. The van der Waals surface area contributed by atoms with Crippen molar-refractivity contribution >= 4 is 16.8 Å². The molecule has 1 aromatic carbocycles. The summed E-state index contributed by atoms with van der Waals surface area (Å²) in [6, 6.07) is 9.00. The highest BCUT2D eigenvalue weighted by Gasteiger charge is 2.14. The summed E-state index contributed by atoms with van der Waals surface area (Å²) in [6.07, 6.45) is 3.06. The molecule has 3 nitrogen and oxygen atoms in total. The van der Waals surface area contributed by atoms with Crippen LogP contribution in [0.15, 0.2) is 53.2 Å². The minimum atomic E-state index is -0.358. The summed E-state index contributed by atoms with van der Waals surface area (Å²) in [5.41, 5.74) is 0.931. The zero-order valence-electron chi connectivity index (χ0n) is 9.26. The van der Waals surface area contributed by atoms with E-state index in [0.29, 0.717) is 16.5 Å². The van der Waals surface area contributed by atoms with Crippen molar-refractivity contribution in [3.63, 3.8) is 0 Å². The molecule has 0 atom stereocenters. The van der Waals surface area contributed by atoms with E-state index in [-0.39, 0.29) is 17.4 Å². The van der Waals surface area contributed by atoms with Gasteiger partial charge in [0.15, 0.2) is 5.76 Å². The van der Waals surface area contributed by atoms with E-state index in [1.54, 1.807) is 18.3 Å². The third-order valence-corrected chi connectivity index (χ3v) is 2.63. The fourth-order valence-electron chi connectivity index (χ4n) is 1.77. The molecule has 4 heteroatoms. The molecule has 0 N–H and O–H groups in total. The summed E-state index contributed by atoms with van der Waals surface area (Å²) in [5.74, 6) is -0.438. The SMILES string of the molecule is O=C(c1cccnc1)c1cc2cc(F)ccc2o1. The standard InChI is InChI=1S/C14H8FNO2/c15-11-3-4-12-10(6-11)7-13(18-12)14(17)9-2-1-5-16-8-9/h1-8H. The molecule has 0 spiro atoms. The molecule has 3 rings (SSSR count). The average molecular weight is 241 g/mol. The Hall–Kier alpha value is -2.49. The first-order valence-corrected chi connectivity index (χ1v) is 5.38. The van der Waals surface area contributed by atoms with Gasteiger partial charge in [-0.1, -0.05) is 0 Å². The van der Waals surface area contributed by atoms with Gasteiger partial charge in [0.2, 0.25) is 5.78 Å². The monoisotopic (exact) mass is 241 g/mol. The summed E-state index contributed by atoms with van der Waals surface area (Å²) >= 11 is 0. The molecule has 0 aliphatic heterocycles. The maximum atomic E-state index is 13.0. The van der Waals surface area contributed by atoms with Gasteiger partial charge in [0.1, 0.15) is 11.4 Å². The third kappa shape index (κ3) is 1.78. The number of aromatic nitrogens is 1. The molecule has 0 bridgehead atoms. The predicted octanol–water partition coefficient (Wildman–Crippen LogP) is 3.20. The first-order valence-electron chi connectivity index (χ1n) is 5.38. The molecule has 0 aliphatic rings. The van der Waals surface area contributed by atoms with E-state index in [4.69, 9.17) is 4.42 Å². The fraction of sp³-hybridized carbons (Fsp3) is 0. The molecule has 2 heterocycles. The second-order valence-electron chi connectivity index (χ2n) is 3.86. The number of halogens is 1. The average Bonchev–Trinajstić information content (AvgIpc) is 2.81. The molecule has 0 radical (unpaired) electrons. The van der Waals surface area contributed by atoms with Crippen LogP contribution in [-0.2, 0) is 0 Å². The number of fused-ring (bicyclic) bond motifs is 1. The number of ketones is 1. The Morgan fingerprint density at radius 1 is 1.22 bits per heavy atom. The van der Waals surface area contributed by atoms with Gasteiger partial charge in [0.25, 0.3) is 0 Å². The van der Waals surface area contributed by atoms with Crippen LogP contribution in [-0.4, -0.2) is 10.8 Å². The number of hydrogen-bond donors (Lipinski definition) is 0. The largest absolute Gasteiger partial charge is 0.453 e. The Kier molecular flexibility index (Phi) is 2.41. The number of carbonyl (C=O) groups excluding carboxylic acids is 1. The number of pyridine rings is 1. The van der Waals surface area contributed by atoms with Gasteiger partial charge in [-0.05, 0) is 36.4 Å². The molecule has 0 fully saturated rings. The Bertz CT molecular complexity index is 719. The van der Waals surface area contributed by atoms with Gasteiger partial charge < -0.3 is 4.42 Å². The van der Waals surface area contributed by atoms with Gasteiger partial charge in [-0.2, -0.15) is 0 Å². The lowest BCUT2D eigenvalue weighted by molar-refractivity contribution is 0.101. The van der Waals surface area contributed by atoms with E-state index in [9.17, 15) is 9.18 Å². The van der Waals surface area contributed by atoms with Crippen LogP contribution in [0.5, 0.6) is 0 Å². The highest BCUT2D eigenvalue weighted by molar-refractivity contribution is 6.08. The number of carbonyl (C=O) groups is 1. The second kappa shape index (κ2) is 4.07. The Morgan fingerprint density at radius 2 is 2.11 bits per heavy atom. The molecular formula is C14H8FNO2. The summed E-state index contributed by atoms with van der Waals surface area (Å²) in [4.78, 5) is 16.0. The third-order valence-electron chi connectivity index (χ3n) is 2.63. The Labute approximate surface area is 102 Å². The van der Waals surface area contributed by atoms with Crippen LogP contribution < -0.4 is 0 Å². The van der Waals surface area contributed by atoms with E-state index in [2.05, 4.69) is 4.98 Å². The smallest absolute Gasteiger partial charge is 0.229 e. The summed E-state index contributed by atoms with van der Waals surface area (Å²) in [7, 11) is 0. The summed E-state index contributed by atoms with van der Waals surface area (Å²) in [5, 5.41) is 0.572. The van der Waals surface area contributed by atoms with Crippen LogP contribution in [0.1, 0.15) is 16.1 Å². The van der Waals surface area contributed by atoms with E-state index in [1.165, 1.54) is 30.5 Å². The lowest BCUT2D eigenvalue weighted by atomic mass is 10.1. The highest BCUT2D eigenvalue weighted by atomic mass is 19.1. The summed E-state index contributed by atoms with van der Waals surface area (Å²) in [6.45, 7) is 0. The van der Waals surface area contributed by atoms with Crippen molar-refractivity contribution < 1.29 is 13.6 Å². The number of benzene rings is 1. The molecule has 0 amide bonds. The van der Waals surface area contributed by atoms with Crippen molar-refractivity contribution in [2.75, 3.05) is 0 Å². The van der Waals surface area contributed by atoms with Crippen molar-refractivity contribution in [2.24, 2.45) is 0 Å². The van der Waals surface area contributed by atoms with Gasteiger partial charge in [-0.25, -0.2) is 4.39 Å². The minimum Gasteiger partial charge on any atom is -0.453 e. The van der Waals surface area contributed by atoms with Gasteiger partial charge >= 0.3 is 0 Å². The Balaban J connectivity index is 2.07. The van der Waals surface area contributed by atoms with Crippen molar-refractivity contribution in [2.45, 2.75) is 0 Å². The van der Waals surface area contributed by atoms with Crippen LogP contribution in [0.4, 0.5) is 4.39 Å². The normalized spacial score (nSPS) is 10.7. The van der Waals surface area contributed by atoms with Crippen molar-refractivity contribution in [1.29, 1.82) is 0 Å². The maximum Gasteiger partial charge on any atom is 0.229 e. The van der Waals surface area contributed by atoms with Gasteiger partial charge in [0.05, 0.1) is 0 Å². The van der Waals surface area contributed by atoms with Crippen LogP contribution in [0, 0.1) is 5.82 Å². The van der Waals surface area contributed by atoms with Gasteiger partial charge in [0, 0.05) is 23.3 Å². The number of nitrogens with zero attached hydrogens (tertiary/aromatic N) is 1. The van der Waals surface area contributed by atoms with E-state index in [1.807, 2.05) is 0 Å². The quantitative estimate of drug-likeness (QED) is 0.647. The van der Waals surface area contributed by atoms with E-state index in [0.717, 1.165) is 0 Å². The molecule has 3 aromatic rings. The van der Waals surface area contributed by atoms with Crippen LogP contribution in [0.25, 0.3) is 11.0 Å². The van der Waals surface area contributed by atoms with Gasteiger partial charge in [-0.3, -0.25) is 9.78 Å². The zero-order chi connectivity index (χ0) is 12.5. The van der Waals surface area contributed by atoms with Crippen molar-refractivity contribution in [1.82, 2.24) is 4.98 Å². The maximum absolute atomic E-state index is 13.0. The number of hydrogen-bond acceptors (Lipinski definition) is 3. The van der Waals surface area contributed by atoms with E-state index >= 15 is 0 Å². The lowest BCUT2D eigenvalue weighted by Crippen LogP contribution is -1.99. The molecule has 2 aromatic heterocycles. The fourth-order valence-corrected chi connectivity index (χ4v) is 1.77. The van der Waals surface area contributed by atoms with Crippen molar-refractivity contribution in [3.8, 4) is 0 Å². The van der Waals surface area contributed by atoms with E-state index < -0.39 is 0 Å². The molecular weight excluding hydrogens is 233 g/mol. The van der Waals surface area contributed by atoms with Crippen LogP contribution in [0.2, 0.25) is 0 Å². The zero-order valence-corrected chi connectivity index (χ0v) is 9.26. The van der Waals surface area contributed by atoms with Crippen LogP contribution >= 0.6 is 0 Å². The first kappa shape index (κ1) is 10.7. The molecule has 88 valence electrons. The Morgan fingerprint density at radius 3 is 2.89 bits per heavy atom. The lowest BCUT2D eigenvalue weighted by Gasteiger charge is -1.94. The molecule has 0 saturated carbocycles. The number of furan rings is 1. The first-order chi connectivity index (χ1) is 8.74. The molecule has 0 unspecified atom stereocenters. The van der Waals surface area contributed by atoms with Gasteiger partial charge in [-0.15, -0.1) is 0 Å². The van der Waals surface area contributed by atoms with Crippen LogP contribution in [0.3, 0.4) is 0 Å². The molecule has 0 aliphatic carbocycles. The summed E-state index contributed by atoms with van der Waals surface area (Å²) < 4.78 is 18.4. The second-order valence-corrected chi connectivity index (χ2v) is 3.86. The highest BCUT2D eigenvalue weighted by Crippen LogP contribution is 2.22.